The highest BCUT2D eigenvalue weighted by molar-refractivity contribution is 5.77. The highest BCUT2D eigenvalue weighted by atomic mass is 19.1. The maximum atomic E-state index is 14.4. The van der Waals surface area contributed by atoms with Gasteiger partial charge in [0, 0.05) is 37.5 Å². The molecule has 1 aliphatic rings. The predicted molar refractivity (Wildman–Crippen MR) is 102 cm³/mol. The average Bonchev–Trinajstić information content (AvgIpc) is 2.72. The first-order valence-corrected chi connectivity index (χ1v) is 9.38. The van der Waals surface area contributed by atoms with E-state index >= 15 is 0 Å². The van der Waals surface area contributed by atoms with Gasteiger partial charge in [-0.05, 0) is 30.0 Å². The van der Waals surface area contributed by atoms with Gasteiger partial charge in [-0.1, -0.05) is 48.5 Å². The third kappa shape index (κ3) is 4.93. The van der Waals surface area contributed by atoms with E-state index in [1.807, 2.05) is 30.3 Å². The second-order valence-electron chi connectivity index (χ2n) is 7.24. The Balaban J connectivity index is 1.72. The van der Waals surface area contributed by atoms with Crippen LogP contribution in [0, 0.1) is 11.2 Å². The number of carbonyl (C=O) groups excluding carboxylic acids is 1. The summed E-state index contributed by atoms with van der Waals surface area (Å²) in [5.41, 5.74) is 1.09. The van der Waals surface area contributed by atoms with Crippen LogP contribution in [0.25, 0.3) is 0 Å². The average molecular weight is 371 g/mol. The number of rotatable bonds is 7. The number of hydrogen-bond donors (Lipinski definition) is 2. The van der Waals surface area contributed by atoms with Crippen molar-refractivity contribution >= 4 is 5.91 Å². The summed E-state index contributed by atoms with van der Waals surface area (Å²) >= 11 is 0. The highest BCUT2D eigenvalue weighted by Gasteiger charge is 2.32. The van der Waals surface area contributed by atoms with Crippen LogP contribution >= 0.6 is 0 Å². The van der Waals surface area contributed by atoms with Crippen molar-refractivity contribution in [2.45, 2.75) is 25.2 Å². The summed E-state index contributed by atoms with van der Waals surface area (Å²) in [6.45, 7) is 1.62. The van der Waals surface area contributed by atoms with Crippen molar-refractivity contribution < 1.29 is 19.0 Å². The molecule has 2 aromatic rings. The van der Waals surface area contributed by atoms with Gasteiger partial charge in [-0.3, -0.25) is 4.79 Å². The molecule has 2 N–H and O–H groups in total. The number of carbonyl (C=O) groups is 1. The van der Waals surface area contributed by atoms with Crippen LogP contribution in [0.4, 0.5) is 4.39 Å². The van der Waals surface area contributed by atoms with Crippen LogP contribution in [0.15, 0.2) is 54.6 Å². The lowest BCUT2D eigenvalue weighted by atomic mass is 9.81. The summed E-state index contributed by atoms with van der Waals surface area (Å²) in [4.78, 5) is 12.7. The molecule has 0 aromatic heterocycles. The number of halogens is 1. The third-order valence-electron chi connectivity index (χ3n) is 5.42. The zero-order valence-corrected chi connectivity index (χ0v) is 15.4. The van der Waals surface area contributed by atoms with Crippen molar-refractivity contribution in [1.29, 1.82) is 0 Å². The molecule has 0 saturated carbocycles. The van der Waals surface area contributed by atoms with Crippen LogP contribution in [-0.4, -0.2) is 37.4 Å². The van der Waals surface area contributed by atoms with Crippen molar-refractivity contribution in [3.8, 4) is 0 Å². The Morgan fingerprint density at radius 2 is 1.78 bits per heavy atom. The minimum absolute atomic E-state index is 0.0199. The maximum absolute atomic E-state index is 14.4. The molecule has 1 aliphatic heterocycles. The molecule has 4 nitrogen and oxygen atoms in total. The van der Waals surface area contributed by atoms with Crippen molar-refractivity contribution in [1.82, 2.24) is 5.32 Å². The number of aliphatic hydroxyl groups excluding tert-OH is 1. The van der Waals surface area contributed by atoms with Crippen LogP contribution in [0.1, 0.15) is 36.3 Å². The van der Waals surface area contributed by atoms with E-state index in [0.29, 0.717) is 25.3 Å². The molecular formula is C22H26FNO3. The number of amides is 1. The number of hydrogen-bond acceptors (Lipinski definition) is 3. The van der Waals surface area contributed by atoms with Gasteiger partial charge in [-0.25, -0.2) is 4.39 Å². The molecule has 1 heterocycles. The molecule has 2 aromatic carbocycles. The van der Waals surface area contributed by atoms with Gasteiger partial charge in [-0.15, -0.1) is 0 Å². The molecule has 1 amide bonds. The van der Waals surface area contributed by atoms with Gasteiger partial charge < -0.3 is 15.2 Å². The molecule has 1 unspecified atom stereocenters. The Bertz CT molecular complexity index is 744. The molecule has 1 saturated heterocycles. The standard InChI is InChI=1S/C22H26FNO3/c23-20-9-5-4-8-18(20)19(17-6-2-1-3-7-17)14-21(26)24-15-22(16-25)10-12-27-13-11-22/h1-9,19,25H,10-16H2,(H,24,26). The Labute approximate surface area is 159 Å². The Morgan fingerprint density at radius 1 is 1.11 bits per heavy atom. The van der Waals surface area contributed by atoms with Crippen molar-refractivity contribution in [2.24, 2.45) is 5.41 Å². The van der Waals surface area contributed by atoms with Crippen LogP contribution < -0.4 is 5.32 Å². The lowest BCUT2D eigenvalue weighted by molar-refractivity contribution is -0.122. The second kappa shape index (κ2) is 9.11. The lowest BCUT2D eigenvalue weighted by Gasteiger charge is -2.35. The van der Waals surface area contributed by atoms with Gasteiger partial charge in [-0.2, -0.15) is 0 Å². The van der Waals surface area contributed by atoms with Gasteiger partial charge in [0.25, 0.3) is 0 Å². The van der Waals surface area contributed by atoms with E-state index in [9.17, 15) is 14.3 Å². The zero-order valence-electron chi connectivity index (χ0n) is 15.4. The van der Waals surface area contributed by atoms with Gasteiger partial charge in [0.05, 0.1) is 6.61 Å². The SMILES string of the molecule is O=C(CC(c1ccccc1)c1ccccc1F)NCC1(CO)CCOCC1. The van der Waals surface area contributed by atoms with Crippen LogP contribution in [0.2, 0.25) is 0 Å². The minimum Gasteiger partial charge on any atom is -0.396 e. The summed E-state index contributed by atoms with van der Waals surface area (Å²) in [5.74, 6) is -0.811. The molecule has 1 fully saturated rings. The Hall–Kier alpha value is -2.24. The quantitative estimate of drug-likeness (QED) is 0.785. The van der Waals surface area contributed by atoms with E-state index in [0.717, 1.165) is 18.4 Å². The number of aliphatic hydroxyl groups is 1. The summed E-state index contributed by atoms with van der Waals surface area (Å²) in [6, 6.07) is 16.1. The van der Waals surface area contributed by atoms with Crippen molar-refractivity contribution in [3.63, 3.8) is 0 Å². The topological polar surface area (TPSA) is 58.6 Å². The molecule has 0 spiro atoms. The lowest BCUT2D eigenvalue weighted by Crippen LogP contribution is -2.44. The smallest absolute Gasteiger partial charge is 0.220 e. The Morgan fingerprint density at radius 3 is 2.44 bits per heavy atom. The largest absolute Gasteiger partial charge is 0.396 e. The molecule has 0 bridgehead atoms. The number of nitrogens with one attached hydrogen (secondary N) is 1. The van der Waals surface area contributed by atoms with Crippen molar-refractivity contribution in [3.05, 3.63) is 71.5 Å². The molecule has 0 radical (unpaired) electrons. The number of benzene rings is 2. The van der Waals surface area contributed by atoms with Crippen LogP contribution in [0.3, 0.4) is 0 Å². The van der Waals surface area contributed by atoms with E-state index in [2.05, 4.69) is 5.32 Å². The summed E-state index contributed by atoms with van der Waals surface area (Å²) in [7, 11) is 0. The molecule has 3 rings (SSSR count). The molecule has 27 heavy (non-hydrogen) atoms. The summed E-state index contributed by atoms with van der Waals surface area (Å²) < 4.78 is 19.8. The van der Waals surface area contributed by atoms with E-state index < -0.39 is 0 Å². The Kier molecular flexibility index (Phi) is 6.58. The molecular weight excluding hydrogens is 345 g/mol. The molecule has 1 atom stereocenters. The van der Waals surface area contributed by atoms with Crippen LogP contribution in [0.5, 0.6) is 0 Å². The molecule has 5 heteroatoms. The first-order chi connectivity index (χ1) is 13.1. The molecule has 144 valence electrons. The van der Waals surface area contributed by atoms with E-state index in [1.54, 1.807) is 18.2 Å². The fraction of sp³-hybridized carbons (Fsp3) is 0.409. The fourth-order valence-corrected chi connectivity index (χ4v) is 3.59. The molecule has 0 aliphatic carbocycles. The van der Waals surface area contributed by atoms with Crippen LogP contribution in [-0.2, 0) is 9.53 Å². The predicted octanol–water partition coefficient (Wildman–Crippen LogP) is 3.25. The van der Waals surface area contributed by atoms with Gasteiger partial charge >= 0.3 is 0 Å². The zero-order chi connectivity index (χ0) is 19.1. The number of ether oxygens (including phenoxy) is 1. The monoisotopic (exact) mass is 371 g/mol. The van der Waals surface area contributed by atoms with Gasteiger partial charge in [0.15, 0.2) is 0 Å². The third-order valence-corrected chi connectivity index (χ3v) is 5.42. The van der Waals surface area contributed by atoms with Gasteiger partial charge in [0.2, 0.25) is 5.91 Å². The van der Waals surface area contributed by atoms with E-state index in [-0.39, 0.29) is 36.1 Å². The second-order valence-corrected chi connectivity index (χ2v) is 7.24. The summed E-state index contributed by atoms with van der Waals surface area (Å²) in [6.07, 6.45) is 1.60. The van der Waals surface area contributed by atoms with E-state index in [4.69, 9.17) is 4.74 Å². The van der Waals surface area contributed by atoms with Crippen molar-refractivity contribution in [2.75, 3.05) is 26.4 Å². The fourth-order valence-electron chi connectivity index (χ4n) is 3.59. The first-order valence-electron chi connectivity index (χ1n) is 9.38. The highest BCUT2D eigenvalue weighted by Crippen LogP contribution is 2.31. The summed E-state index contributed by atoms with van der Waals surface area (Å²) in [5, 5.41) is 12.7. The van der Waals surface area contributed by atoms with E-state index in [1.165, 1.54) is 6.07 Å². The normalized spacial score (nSPS) is 17.3. The minimum atomic E-state index is -0.354. The maximum Gasteiger partial charge on any atom is 0.220 e. The first kappa shape index (κ1) is 19.5. The van der Waals surface area contributed by atoms with Gasteiger partial charge in [0.1, 0.15) is 5.82 Å².